The van der Waals surface area contributed by atoms with Crippen molar-refractivity contribution in [1.82, 2.24) is 0 Å². The van der Waals surface area contributed by atoms with Gasteiger partial charge in [0.15, 0.2) is 12.2 Å². The number of aliphatic hydroxyl groups excluding tert-OH is 1. The van der Waals surface area contributed by atoms with E-state index in [9.17, 15) is 43.2 Å². The SMILES string of the molecule is CCCCCCCCCCCCCCCCCCCCCCC(=O)OC[C@H](COP(=O)(O)OC[C@@H](O)COP(=O)(O)OC[C@@H](COC(=O)CCCCCCC)OC(=O)CCCCCCCCCCCC)OC(=O)CCCCCCCCCCCCCCCCCCCCC(C)CC. The van der Waals surface area contributed by atoms with Gasteiger partial charge in [-0.3, -0.25) is 37.3 Å². The molecule has 3 unspecified atom stereocenters. The van der Waals surface area contributed by atoms with E-state index < -0.39 is 97.5 Å². The molecule has 97 heavy (non-hydrogen) atoms. The van der Waals surface area contributed by atoms with E-state index in [1.54, 1.807) is 0 Å². The summed E-state index contributed by atoms with van der Waals surface area (Å²) in [7, 11) is -9.90. The maximum absolute atomic E-state index is 13.1. The molecule has 0 aromatic heterocycles. The highest BCUT2D eigenvalue weighted by Gasteiger charge is 2.30. The maximum Gasteiger partial charge on any atom is 0.472 e. The van der Waals surface area contributed by atoms with Gasteiger partial charge in [-0.1, -0.05) is 362 Å². The minimum absolute atomic E-state index is 0.106. The van der Waals surface area contributed by atoms with E-state index in [1.165, 1.54) is 231 Å². The molecule has 0 radical (unpaired) electrons. The molecule has 0 amide bonds. The van der Waals surface area contributed by atoms with Crippen molar-refractivity contribution in [3.63, 3.8) is 0 Å². The van der Waals surface area contributed by atoms with Crippen molar-refractivity contribution in [2.75, 3.05) is 39.6 Å². The number of phosphoric acid groups is 2. The van der Waals surface area contributed by atoms with E-state index in [0.29, 0.717) is 25.7 Å². The third-order valence-corrected chi connectivity index (χ3v) is 20.5. The van der Waals surface area contributed by atoms with E-state index in [1.807, 2.05) is 0 Å². The normalized spacial score (nSPS) is 14.2. The summed E-state index contributed by atoms with van der Waals surface area (Å²) in [6, 6.07) is 0. The average Bonchev–Trinajstić information content (AvgIpc) is 1.38. The molecule has 0 saturated heterocycles. The lowest BCUT2D eigenvalue weighted by Gasteiger charge is -2.21. The number of carbonyl (C=O) groups is 4. The standard InChI is InChI=1S/C78H152O17P2/c1-6-10-13-16-18-20-22-23-24-25-26-27-31-34-37-40-44-47-52-57-62-76(81)89-68-74(95-78(83)64-59-54-49-45-41-38-35-32-29-28-30-33-36-39-42-46-51-55-60-71(5)9-4)70-93-97(86,87)91-66-72(79)65-90-96(84,85)92-69-73(67-88-75(80)61-56-50-15-12-8-3)94-77(82)63-58-53-48-43-21-19-17-14-11-7-2/h71-74,79H,6-70H2,1-5H3,(H,84,85)(H,86,87)/t71?,72-,73+,74+/m0/s1. The van der Waals surface area contributed by atoms with Crippen LogP contribution in [0.2, 0.25) is 0 Å². The van der Waals surface area contributed by atoms with E-state index >= 15 is 0 Å². The van der Waals surface area contributed by atoms with Gasteiger partial charge in [0.05, 0.1) is 26.4 Å². The van der Waals surface area contributed by atoms with Gasteiger partial charge in [-0.2, -0.15) is 0 Å². The van der Waals surface area contributed by atoms with Crippen LogP contribution < -0.4 is 0 Å². The van der Waals surface area contributed by atoms with Crippen LogP contribution in [0.3, 0.4) is 0 Å². The highest BCUT2D eigenvalue weighted by atomic mass is 31.2. The molecule has 0 aliphatic rings. The number of unbranched alkanes of at least 4 members (excludes halogenated alkanes) is 49. The second kappa shape index (κ2) is 71.1. The summed E-state index contributed by atoms with van der Waals surface area (Å²) < 4.78 is 68.3. The number of esters is 4. The van der Waals surface area contributed by atoms with Crippen LogP contribution in [0.25, 0.3) is 0 Å². The second-order valence-electron chi connectivity index (χ2n) is 28.3. The lowest BCUT2D eigenvalue weighted by atomic mass is 9.99. The average molecular weight is 1420 g/mol. The van der Waals surface area contributed by atoms with E-state index in [-0.39, 0.29) is 25.7 Å². The molecular weight excluding hydrogens is 1270 g/mol. The number of rotatable bonds is 78. The van der Waals surface area contributed by atoms with Crippen molar-refractivity contribution in [1.29, 1.82) is 0 Å². The Labute approximate surface area is 594 Å². The number of hydrogen-bond acceptors (Lipinski definition) is 15. The first kappa shape index (κ1) is 95.1. The fraction of sp³-hybridized carbons (Fsp3) is 0.949. The zero-order chi connectivity index (χ0) is 71.2. The first-order valence-corrected chi connectivity index (χ1v) is 43.7. The van der Waals surface area contributed by atoms with Gasteiger partial charge in [0.1, 0.15) is 19.3 Å². The lowest BCUT2D eigenvalue weighted by Crippen LogP contribution is -2.30. The first-order valence-electron chi connectivity index (χ1n) is 40.7. The fourth-order valence-electron chi connectivity index (χ4n) is 12.0. The summed E-state index contributed by atoms with van der Waals surface area (Å²) >= 11 is 0. The Balaban J connectivity index is 5.09. The number of carbonyl (C=O) groups excluding carboxylic acids is 4. The Morgan fingerprint density at radius 1 is 0.289 bits per heavy atom. The van der Waals surface area contributed by atoms with Crippen LogP contribution in [0, 0.1) is 5.92 Å². The van der Waals surface area contributed by atoms with E-state index in [4.69, 9.17) is 37.0 Å². The van der Waals surface area contributed by atoms with Gasteiger partial charge in [0.25, 0.3) is 0 Å². The third kappa shape index (κ3) is 70.9. The Bertz CT molecular complexity index is 1860. The Kier molecular flexibility index (Phi) is 69.6. The van der Waals surface area contributed by atoms with Crippen LogP contribution in [0.1, 0.15) is 413 Å². The summed E-state index contributed by atoms with van der Waals surface area (Å²) in [6.45, 7) is 7.27. The maximum atomic E-state index is 13.1. The van der Waals surface area contributed by atoms with Gasteiger partial charge in [0, 0.05) is 25.7 Å². The highest BCUT2D eigenvalue weighted by Crippen LogP contribution is 2.45. The van der Waals surface area contributed by atoms with Crippen molar-refractivity contribution in [3.05, 3.63) is 0 Å². The minimum Gasteiger partial charge on any atom is -0.462 e. The fourth-order valence-corrected chi connectivity index (χ4v) is 13.6. The molecule has 0 spiro atoms. The first-order chi connectivity index (χ1) is 47.1. The molecule has 0 fully saturated rings. The molecule has 0 rings (SSSR count). The van der Waals surface area contributed by atoms with Crippen molar-refractivity contribution in [2.45, 2.75) is 432 Å². The number of phosphoric ester groups is 2. The lowest BCUT2D eigenvalue weighted by molar-refractivity contribution is -0.161. The largest absolute Gasteiger partial charge is 0.472 e. The van der Waals surface area contributed by atoms with Gasteiger partial charge < -0.3 is 33.8 Å². The summed E-state index contributed by atoms with van der Waals surface area (Å²) in [6.07, 6.45) is 61.6. The number of aliphatic hydroxyl groups is 1. The molecule has 0 aromatic rings. The van der Waals surface area contributed by atoms with Crippen LogP contribution in [-0.2, 0) is 65.4 Å². The summed E-state index contributed by atoms with van der Waals surface area (Å²) in [5.74, 6) is -1.25. The van der Waals surface area contributed by atoms with E-state index in [2.05, 4.69) is 34.6 Å². The molecule has 3 N–H and O–H groups in total. The zero-order valence-electron chi connectivity index (χ0n) is 63.2. The number of hydrogen-bond donors (Lipinski definition) is 3. The molecule has 0 aromatic carbocycles. The van der Waals surface area contributed by atoms with Crippen molar-refractivity contribution in [2.24, 2.45) is 5.92 Å². The monoisotopic (exact) mass is 1420 g/mol. The number of ether oxygens (including phenoxy) is 4. The topological polar surface area (TPSA) is 237 Å². The second-order valence-corrected chi connectivity index (χ2v) is 31.3. The minimum atomic E-state index is -4.96. The van der Waals surface area contributed by atoms with Gasteiger partial charge in [-0.25, -0.2) is 9.13 Å². The van der Waals surface area contributed by atoms with Gasteiger partial charge in [-0.15, -0.1) is 0 Å². The van der Waals surface area contributed by atoms with Crippen molar-refractivity contribution in [3.8, 4) is 0 Å². The Morgan fingerprint density at radius 3 is 0.732 bits per heavy atom. The summed E-state index contributed by atoms with van der Waals surface area (Å²) in [4.78, 5) is 72.5. The quantitative estimate of drug-likeness (QED) is 0.0222. The molecule has 17 nitrogen and oxygen atoms in total. The van der Waals surface area contributed by atoms with Crippen LogP contribution in [0.4, 0.5) is 0 Å². The predicted octanol–water partition coefficient (Wildman–Crippen LogP) is 23.3. The zero-order valence-corrected chi connectivity index (χ0v) is 65.0. The van der Waals surface area contributed by atoms with Crippen LogP contribution in [0.15, 0.2) is 0 Å². The summed E-state index contributed by atoms with van der Waals surface area (Å²) in [5, 5.41) is 10.6. The van der Waals surface area contributed by atoms with Gasteiger partial charge >= 0.3 is 39.5 Å². The summed E-state index contributed by atoms with van der Waals surface area (Å²) in [5.41, 5.74) is 0. The smallest absolute Gasteiger partial charge is 0.462 e. The predicted molar refractivity (Wildman–Crippen MR) is 395 cm³/mol. The van der Waals surface area contributed by atoms with Crippen LogP contribution in [0.5, 0.6) is 0 Å². The molecule has 0 bridgehead atoms. The molecule has 6 atom stereocenters. The van der Waals surface area contributed by atoms with Gasteiger partial charge in [0.2, 0.25) is 0 Å². The van der Waals surface area contributed by atoms with Crippen molar-refractivity contribution >= 4 is 39.5 Å². The van der Waals surface area contributed by atoms with E-state index in [0.717, 1.165) is 102 Å². The Morgan fingerprint density at radius 2 is 0.495 bits per heavy atom. The van der Waals surface area contributed by atoms with Gasteiger partial charge in [-0.05, 0) is 31.6 Å². The highest BCUT2D eigenvalue weighted by molar-refractivity contribution is 7.47. The van der Waals surface area contributed by atoms with Crippen LogP contribution in [-0.4, -0.2) is 96.7 Å². The van der Waals surface area contributed by atoms with Crippen LogP contribution >= 0.6 is 15.6 Å². The Hall–Kier alpha value is -1.94. The van der Waals surface area contributed by atoms with Crippen molar-refractivity contribution < 1.29 is 80.2 Å². The molecule has 19 heteroatoms. The molecular formula is C78H152O17P2. The third-order valence-electron chi connectivity index (χ3n) is 18.6. The molecule has 0 aliphatic heterocycles. The molecule has 0 saturated carbocycles. The molecule has 576 valence electrons. The molecule has 0 heterocycles. The molecule has 0 aliphatic carbocycles.